The summed E-state index contributed by atoms with van der Waals surface area (Å²) in [6, 6.07) is 10.5. The SMILES string of the molecule is Cc1ccc(Sc2nc(Cl)nc3sc(C)cc23)cc1. The van der Waals surface area contributed by atoms with Crippen molar-refractivity contribution in [2.45, 2.75) is 23.8 Å². The van der Waals surface area contributed by atoms with E-state index in [0.717, 1.165) is 20.1 Å². The molecule has 0 aliphatic carbocycles. The quantitative estimate of drug-likeness (QED) is 0.486. The zero-order chi connectivity index (χ0) is 13.4. The number of benzene rings is 1. The first-order valence-electron chi connectivity index (χ1n) is 5.80. The van der Waals surface area contributed by atoms with E-state index in [0.29, 0.717) is 5.28 Å². The number of hydrogen-bond donors (Lipinski definition) is 0. The van der Waals surface area contributed by atoms with Gasteiger partial charge in [-0.2, -0.15) is 0 Å². The van der Waals surface area contributed by atoms with E-state index in [1.165, 1.54) is 10.4 Å². The van der Waals surface area contributed by atoms with Crippen molar-refractivity contribution in [1.82, 2.24) is 9.97 Å². The average Bonchev–Trinajstić information content (AvgIpc) is 2.72. The molecule has 0 saturated heterocycles. The molecule has 0 unspecified atom stereocenters. The number of hydrogen-bond acceptors (Lipinski definition) is 4. The van der Waals surface area contributed by atoms with Crippen molar-refractivity contribution >= 4 is 44.9 Å². The van der Waals surface area contributed by atoms with Crippen LogP contribution in [0.1, 0.15) is 10.4 Å². The molecule has 0 N–H and O–H groups in total. The predicted molar refractivity (Wildman–Crippen MR) is 82.5 cm³/mol. The molecule has 0 radical (unpaired) electrons. The van der Waals surface area contributed by atoms with E-state index < -0.39 is 0 Å². The minimum Gasteiger partial charge on any atom is -0.210 e. The van der Waals surface area contributed by atoms with Gasteiger partial charge in [0, 0.05) is 15.2 Å². The van der Waals surface area contributed by atoms with Crippen LogP contribution in [0.5, 0.6) is 0 Å². The standard InChI is InChI=1S/C14H11ClN2S2/c1-8-3-5-10(6-4-8)19-13-11-7-9(2)18-12(11)16-14(15)17-13/h3-7H,1-2H3. The molecule has 1 aromatic carbocycles. The van der Waals surface area contributed by atoms with Crippen molar-refractivity contribution < 1.29 is 0 Å². The van der Waals surface area contributed by atoms with Gasteiger partial charge in [-0.25, -0.2) is 9.97 Å². The second-order valence-electron chi connectivity index (χ2n) is 4.29. The Hall–Kier alpha value is -1.10. The molecule has 5 heteroatoms. The molecule has 0 atom stereocenters. The van der Waals surface area contributed by atoms with E-state index in [-0.39, 0.29) is 0 Å². The third-order valence-electron chi connectivity index (χ3n) is 2.69. The molecule has 0 bridgehead atoms. The number of thiophene rings is 1. The Labute approximate surface area is 124 Å². The van der Waals surface area contributed by atoms with E-state index in [4.69, 9.17) is 11.6 Å². The third-order valence-corrected chi connectivity index (χ3v) is 4.82. The highest BCUT2D eigenvalue weighted by atomic mass is 35.5. The van der Waals surface area contributed by atoms with Gasteiger partial charge in [0.2, 0.25) is 5.28 Å². The summed E-state index contributed by atoms with van der Waals surface area (Å²) in [4.78, 5) is 12.0. The van der Waals surface area contributed by atoms with Gasteiger partial charge in [-0.05, 0) is 43.6 Å². The molecule has 0 aliphatic heterocycles. The van der Waals surface area contributed by atoms with E-state index in [2.05, 4.69) is 54.1 Å². The maximum absolute atomic E-state index is 6.00. The Morgan fingerprint density at radius 2 is 1.84 bits per heavy atom. The highest BCUT2D eigenvalue weighted by Gasteiger charge is 2.11. The van der Waals surface area contributed by atoms with Gasteiger partial charge >= 0.3 is 0 Å². The first kappa shape index (κ1) is 12.9. The highest BCUT2D eigenvalue weighted by Crippen LogP contribution is 2.35. The van der Waals surface area contributed by atoms with E-state index >= 15 is 0 Å². The normalized spacial score (nSPS) is 11.1. The van der Waals surface area contributed by atoms with Crippen molar-refractivity contribution in [3.63, 3.8) is 0 Å². The second kappa shape index (κ2) is 5.12. The lowest BCUT2D eigenvalue weighted by atomic mass is 10.2. The molecule has 96 valence electrons. The zero-order valence-corrected chi connectivity index (χ0v) is 12.9. The zero-order valence-electron chi connectivity index (χ0n) is 10.5. The molecule has 0 aliphatic rings. The van der Waals surface area contributed by atoms with Crippen LogP contribution in [-0.2, 0) is 0 Å². The van der Waals surface area contributed by atoms with E-state index in [1.54, 1.807) is 23.1 Å². The Kier molecular flexibility index (Phi) is 3.48. The Morgan fingerprint density at radius 3 is 2.58 bits per heavy atom. The minimum atomic E-state index is 0.309. The number of aromatic nitrogens is 2. The van der Waals surface area contributed by atoms with Crippen molar-refractivity contribution in [2.75, 3.05) is 0 Å². The number of halogens is 1. The molecule has 3 rings (SSSR count). The first-order chi connectivity index (χ1) is 9.11. The topological polar surface area (TPSA) is 25.8 Å². The summed E-state index contributed by atoms with van der Waals surface area (Å²) in [7, 11) is 0. The van der Waals surface area contributed by atoms with Gasteiger partial charge in [-0.3, -0.25) is 0 Å². The van der Waals surface area contributed by atoms with Crippen LogP contribution in [0.3, 0.4) is 0 Å². The van der Waals surface area contributed by atoms with Crippen molar-refractivity contribution in [2.24, 2.45) is 0 Å². The fourth-order valence-corrected chi connectivity index (χ4v) is 3.89. The molecular weight excluding hydrogens is 296 g/mol. The summed E-state index contributed by atoms with van der Waals surface area (Å²) in [6.45, 7) is 4.15. The minimum absolute atomic E-state index is 0.309. The van der Waals surface area contributed by atoms with Crippen LogP contribution in [0.25, 0.3) is 10.2 Å². The van der Waals surface area contributed by atoms with Crippen molar-refractivity contribution in [1.29, 1.82) is 0 Å². The number of aryl methyl sites for hydroxylation is 2. The summed E-state index contributed by atoms with van der Waals surface area (Å²) < 4.78 is 0. The van der Waals surface area contributed by atoms with Crippen molar-refractivity contribution in [3.05, 3.63) is 46.1 Å². The largest absolute Gasteiger partial charge is 0.224 e. The Balaban J connectivity index is 2.06. The summed E-state index contributed by atoms with van der Waals surface area (Å²) in [6.07, 6.45) is 0. The number of nitrogens with zero attached hydrogens (tertiary/aromatic N) is 2. The molecule has 3 aromatic rings. The molecule has 2 heterocycles. The lowest BCUT2D eigenvalue weighted by Gasteiger charge is -2.03. The van der Waals surface area contributed by atoms with Gasteiger partial charge in [-0.1, -0.05) is 29.5 Å². The van der Waals surface area contributed by atoms with Crippen molar-refractivity contribution in [3.8, 4) is 0 Å². The molecule has 0 spiro atoms. The molecule has 19 heavy (non-hydrogen) atoms. The van der Waals surface area contributed by atoms with Crippen LogP contribution in [0, 0.1) is 13.8 Å². The monoisotopic (exact) mass is 306 g/mol. The van der Waals surface area contributed by atoms with Gasteiger partial charge in [-0.15, -0.1) is 11.3 Å². The molecule has 2 aromatic heterocycles. The summed E-state index contributed by atoms with van der Waals surface area (Å²) in [5.74, 6) is 0. The maximum atomic E-state index is 6.00. The molecule has 2 nitrogen and oxygen atoms in total. The lowest BCUT2D eigenvalue weighted by molar-refractivity contribution is 1.11. The molecule has 0 saturated carbocycles. The first-order valence-corrected chi connectivity index (χ1v) is 7.81. The van der Waals surface area contributed by atoms with Crippen LogP contribution < -0.4 is 0 Å². The van der Waals surface area contributed by atoms with Crippen LogP contribution in [0.2, 0.25) is 5.28 Å². The summed E-state index contributed by atoms with van der Waals surface area (Å²) in [5.41, 5.74) is 1.25. The number of rotatable bonds is 2. The van der Waals surface area contributed by atoms with Gasteiger partial charge < -0.3 is 0 Å². The number of fused-ring (bicyclic) bond motifs is 1. The summed E-state index contributed by atoms with van der Waals surface area (Å²) in [5, 5.41) is 2.31. The maximum Gasteiger partial charge on any atom is 0.224 e. The lowest BCUT2D eigenvalue weighted by Crippen LogP contribution is -1.86. The van der Waals surface area contributed by atoms with Gasteiger partial charge in [0.15, 0.2) is 0 Å². The third kappa shape index (κ3) is 2.76. The molecule has 0 fully saturated rings. The van der Waals surface area contributed by atoms with Gasteiger partial charge in [0.25, 0.3) is 0 Å². The average molecular weight is 307 g/mol. The van der Waals surface area contributed by atoms with Gasteiger partial charge in [0.1, 0.15) is 9.86 Å². The van der Waals surface area contributed by atoms with E-state index in [1.807, 2.05) is 0 Å². The Morgan fingerprint density at radius 1 is 1.11 bits per heavy atom. The second-order valence-corrected chi connectivity index (χ2v) is 6.92. The molecular formula is C14H11ClN2S2. The van der Waals surface area contributed by atoms with Crippen LogP contribution >= 0.6 is 34.7 Å². The molecule has 0 amide bonds. The van der Waals surface area contributed by atoms with Crippen LogP contribution in [-0.4, -0.2) is 9.97 Å². The Bertz CT molecular complexity index is 735. The summed E-state index contributed by atoms with van der Waals surface area (Å²) >= 11 is 9.26. The fraction of sp³-hybridized carbons (Fsp3) is 0.143. The van der Waals surface area contributed by atoms with Crippen LogP contribution in [0.15, 0.2) is 40.3 Å². The highest BCUT2D eigenvalue weighted by molar-refractivity contribution is 7.99. The predicted octanol–water partition coefficient (Wildman–Crippen LogP) is 5.11. The smallest absolute Gasteiger partial charge is 0.210 e. The van der Waals surface area contributed by atoms with Crippen LogP contribution in [0.4, 0.5) is 0 Å². The fourth-order valence-electron chi connectivity index (χ4n) is 1.79. The van der Waals surface area contributed by atoms with E-state index in [9.17, 15) is 0 Å². The van der Waals surface area contributed by atoms with Gasteiger partial charge in [0.05, 0.1) is 0 Å².